The first-order valence-electron chi connectivity index (χ1n) is 7.68. The van der Waals surface area contributed by atoms with Gasteiger partial charge in [-0.1, -0.05) is 17.7 Å². The molecule has 0 radical (unpaired) electrons. The number of aryl methyl sites for hydroxylation is 1. The predicted octanol–water partition coefficient (Wildman–Crippen LogP) is 2.80. The van der Waals surface area contributed by atoms with E-state index >= 15 is 0 Å². The molecule has 2 heterocycles. The topological polar surface area (TPSA) is 96.1 Å². The zero-order valence-corrected chi connectivity index (χ0v) is 15.4. The van der Waals surface area contributed by atoms with Gasteiger partial charge in [0.25, 0.3) is 0 Å². The van der Waals surface area contributed by atoms with Crippen LogP contribution in [0.3, 0.4) is 0 Å². The number of halogens is 1. The van der Waals surface area contributed by atoms with Gasteiger partial charge >= 0.3 is 0 Å². The number of hydrogen-bond acceptors (Lipinski definition) is 6. The van der Waals surface area contributed by atoms with Gasteiger partial charge in [0.05, 0.1) is 18.4 Å². The summed E-state index contributed by atoms with van der Waals surface area (Å²) in [6.07, 6.45) is 3.28. The van der Waals surface area contributed by atoms with Gasteiger partial charge in [-0.05, 0) is 25.8 Å². The van der Waals surface area contributed by atoms with Crippen molar-refractivity contribution >= 4 is 30.2 Å². The van der Waals surface area contributed by atoms with E-state index in [4.69, 9.17) is 22.1 Å². The Bertz CT molecular complexity index is 1000. The summed E-state index contributed by atoms with van der Waals surface area (Å²) in [6, 6.07) is 5.62. The third-order valence-electron chi connectivity index (χ3n) is 3.88. The number of ether oxygens (including phenoxy) is 1. The van der Waals surface area contributed by atoms with E-state index in [1.54, 1.807) is 35.9 Å². The van der Waals surface area contributed by atoms with E-state index in [0.717, 1.165) is 11.1 Å². The van der Waals surface area contributed by atoms with Crippen molar-refractivity contribution in [3.8, 4) is 22.8 Å². The van der Waals surface area contributed by atoms with Crippen LogP contribution >= 0.6 is 11.6 Å². The first-order chi connectivity index (χ1) is 12.5. The van der Waals surface area contributed by atoms with Crippen LogP contribution in [0.25, 0.3) is 23.2 Å². The molecule has 0 aliphatic carbocycles. The molecule has 3 rings (SSSR count). The largest absolute Gasteiger partial charge is 0.494 e. The fourth-order valence-electron chi connectivity index (χ4n) is 2.58. The Hall–Kier alpha value is -3.13. The molecule has 3 aromatic rings. The number of aliphatic imine (C=N–C) groups is 1. The number of para-hydroxylation sites is 1. The average Bonchev–Trinajstić information content (AvgIpc) is 3.19. The number of nitrogen functional groups attached to an aromatic ring is 1. The van der Waals surface area contributed by atoms with Crippen molar-refractivity contribution in [3.05, 3.63) is 40.9 Å². The SMILES string of the molecule is C=N/C(Cl)=C\c1c(C)c(N)nn1-c1cccc(-c2ncn(C)n2)c1OC. The minimum Gasteiger partial charge on any atom is -0.494 e. The van der Waals surface area contributed by atoms with Crippen LogP contribution in [-0.2, 0) is 7.05 Å². The molecule has 2 aromatic heterocycles. The van der Waals surface area contributed by atoms with Crippen LogP contribution in [0.4, 0.5) is 5.82 Å². The monoisotopic (exact) mass is 371 g/mol. The highest BCUT2D eigenvalue weighted by Crippen LogP contribution is 2.35. The first-order valence-corrected chi connectivity index (χ1v) is 8.06. The van der Waals surface area contributed by atoms with Crippen molar-refractivity contribution in [1.29, 1.82) is 0 Å². The molecule has 0 aliphatic heterocycles. The Labute approximate surface area is 155 Å². The molecule has 2 N–H and O–H groups in total. The summed E-state index contributed by atoms with van der Waals surface area (Å²) in [6.45, 7) is 5.29. The Morgan fingerprint density at radius 3 is 2.77 bits per heavy atom. The average molecular weight is 372 g/mol. The van der Waals surface area contributed by atoms with Crippen LogP contribution in [-0.4, -0.2) is 38.4 Å². The van der Waals surface area contributed by atoms with Gasteiger partial charge in [0.1, 0.15) is 23.0 Å². The van der Waals surface area contributed by atoms with Gasteiger partial charge in [0.15, 0.2) is 11.6 Å². The van der Waals surface area contributed by atoms with Gasteiger partial charge in [-0.2, -0.15) is 5.10 Å². The molecule has 0 bridgehead atoms. The fraction of sp³-hybridized carbons (Fsp3) is 0.176. The van der Waals surface area contributed by atoms with E-state index in [1.165, 1.54) is 0 Å². The summed E-state index contributed by atoms with van der Waals surface area (Å²) in [5.74, 6) is 1.50. The Balaban J connectivity index is 2.26. The first kappa shape index (κ1) is 17.7. The van der Waals surface area contributed by atoms with Crippen molar-refractivity contribution in [2.45, 2.75) is 6.92 Å². The quantitative estimate of drug-likeness (QED) is 0.549. The Morgan fingerprint density at radius 2 is 2.15 bits per heavy atom. The van der Waals surface area contributed by atoms with Crippen molar-refractivity contribution in [2.75, 3.05) is 12.8 Å². The molecule has 0 fully saturated rings. The summed E-state index contributed by atoms with van der Waals surface area (Å²) in [5, 5.41) is 9.00. The Morgan fingerprint density at radius 1 is 1.38 bits per heavy atom. The third-order valence-corrected chi connectivity index (χ3v) is 4.11. The normalized spacial score (nSPS) is 11.6. The number of nitrogens with zero attached hydrogens (tertiary/aromatic N) is 6. The van der Waals surface area contributed by atoms with E-state index in [1.807, 2.05) is 25.1 Å². The summed E-state index contributed by atoms with van der Waals surface area (Å²) in [4.78, 5) is 8.02. The summed E-state index contributed by atoms with van der Waals surface area (Å²) in [5.41, 5.74) is 8.89. The molecule has 134 valence electrons. The Kier molecular flexibility index (Phi) is 4.77. The van der Waals surface area contributed by atoms with Crippen LogP contribution in [0.5, 0.6) is 5.75 Å². The molecule has 0 amide bonds. The number of rotatable bonds is 5. The molecule has 0 atom stereocenters. The lowest BCUT2D eigenvalue weighted by atomic mass is 10.1. The van der Waals surface area contributed by atoms with Gasteiger partial charge < -0.3 is 10.5 Å². The van der Waals surface area contributed by atoms with Gasteiger partial charge in [-0.3, -0.25) is 9.67 Å². The van der Waals surface area contributed by atoms with Crippen molar-refractivity contribution in [2.24, 2.45) is 12.0 Å². The zero-order valence-electron chi connectivity index (χ0n) is 14.6. The van der Waals surface area contributed by atoms with E-state index in [0.29, 0.717) is 28.8 Å². The number of hydrogen-bond donors (Lipinski definition) is 1. The summed E-state index contributed by atoms with van der Waals surface area (Å²) < 4.78 is 8.93. The maximum atomic E-state index is 6.04. The van der Waals surface area contributed by atoms with Crippen molar-refractivity contribution < 1.29 is 4.74 Å². The standard InChI is InChI=1S/C17H18ClN7O/c1-10-13(8-14(18)20-2)25(22-16(10)19)12-7-5-6-11(15(12)26-4)17-21-9-24(3)23-17/h5-9H,2H2,1,3-4H3,(H2,19,22)/b14-8-. The summed E-state index contributed by atoms with van der Waals surface area (Å²) in [7, 11) is 3.39. The molecule has 0 spiro atoms. The van der Waals surface area contributed by atoms with Gasteiger partial charge in [0.2, 0.25) is 0 Å². The highest BCUT2D eigenvalue weighted by atomic mass is 35.5. The van der Waals surface area contributed by atoms with E-state index < -0.39 is 0 Å². The van der Waals surface area contributed by atoms with E-state index in [2.05, 4.69) is 26.9 Å². The van der Waals surface area contributed by atoms with Gasteiger partial charge in [-0.15, -0.1) is 5.10 Å². The molecular formula is C17H18ClN7O. The number of methoxy groups -OCH3 is 1. The lowest BCUT2D eigenvalue weighted by Gasteiger charge is -2.13. The maximum Gasteiger partial charge on any atom is 0.184 e. The molecule has 1 aromatic carbocycles. The molecule has 26 heavy (non-hydrogen) atoms. The molecule has 0 unspecified atom stereocenters. The van der Waals surface area contributed by atoms with E-state index in [9.17, 15) is 0 Å². The van der Waals surface area contributed by atoms with Crippen LogP contribution in [0.1, 0.15) is 11.3 Å². The minimum atomic E-state index is 0.232. The maximum absolute atomic E-state index is 6.04. The number of anilines is 1. The fourth-order valence-corrected chi connectivity index (χ4v) is 2.69. The van der Waals surface area contributed by atoms with Crippen LogP contribution in [0, 0.1) is 6.92 Å². The molecule has 0 saturated carbocycles. The second-order valence-electron chi connectivity index (χ2n) is 5.53. The minimum absolute atomic E-state index is 0.232. The number of benzene rings is 1. The second kappa shape index (κ2) is 7.01. The third kappa shape index (κ3) is 3.06. The van der Waals surface area contributed by atoms with Crippen molar-refractivity contribution in [1.82, 2.24) is 24.5 Å². The molecule has 0 aliphatic rings. The van der Waals surface area contributed by atoms with Crippen LogP contribution < -0.4 is 10.5 Å². The second-order valence-corrected chi connectivity index (χ2v) is 5.92. The van der Waals surface area contributed by atoms with Crippen molar-refractivity contribution in [3.63, 3.8) is 0 Å². The molecular weight excluding hydrogens is 354 g/mol. The highest BCUT2D eigenvalue weighted by molar-refractivity contribution is 6.31. The molecule has 0 saturated heterocycles. The molecule has 9 heteroatoms. The smallest absolute Gasteiger partial charge is 0.184 e. The van der Waals surface area contributed by atoms with Crippen LogP contribution in [0.2, 0.25) is 0 Å². The van der Waals surface area contributed by atoms with Gasteiger partial charge in [-0.25, -0.2) is 9.67 Å². The number of aromatic nitrogens is 5. The molecule has 8 nitrogen and oxygen atoms in total. The zero-order chi connectivity index (χ0) is 18.8. The lowest BCUT2D eigenvalue weighted by molar-refractivity contribution is 0.413. The van der Waals surface area contributed by atoms with E-state index in [-0.39, 0.29) is 5.16 Å². The lowest BCUT2D eigenvalue weighted by Crippen LogP contribution is -2.04. The highest BCUT2D eigenvalue weighted by Gasteiger charge is 2.20. The van der Waals surface area contributed by atoms with Gasteiger partial charge in [0, 0.05) is 18.7 Å². The van der Waals surface area contributed by atoms with Crippen LogP contribution in [0.15, 0.2) is 34.7 Å². The predicted molar refractivity (Wildman–Crippen MR) is 103 cm³/mol. The number of nitrogens with two attached hydrogens (primary N) is 1. The summed E-state index contributed by atoms with van der Waals surface area (Å²) >= 11 is 6.04.